The number of carbonyl (C=O) groups is 2. The molecule has 0 radical (unpaired) electrons. The third-order valence-corrected chi connectivity index (χ3v) is 3.92. The highest BCUT2D eigenvalue weighted by Gasteiger charge is 2.38. The second-order valence-corrected chi connectivity index (χ2v) is 5.94. The molecule has 2 heterocycles. The van der Waals surface area contributed by atoms with E-state index in [1.54, 1.807) is 0 Å². The van der Waals surface area contributed by atoms with Gasteiger partial charge >= 0.3 is 12.1 Å². The lowest BCUT2D eigenvalue weighted by molar-refractivity contribution is -0.231. The van der Waals surface area contributed by atoms with Gasteiger partial charge in [0.1, 0.15) is 6.10 Å². The highest BCUT2D eigenvalue weighted by atomic mass is 19.4. The van der Waals surface area contributed by atoms with Crippen LogP contribution in [0.3, 0.4) is 0 Å². The van der Waals surface area contributed by atoms with Crippen molar-refractivity contribution in [2.75, 3.05) is 0 Å². The van der Waals surface area contributed by atoms with Gasteiger partial charge in [0.25, 0.3) is 5.91 Å². The fraction of sp³-hybridized carbons (Fsp3) is 0.412. The van der Waals surface area contributed by atoms with E-state index in [1.165, 1.54) is 5.06 Å². The van der Waals surface area contributed by atoms with E-state index in [9.17, 15) is 18.0 Å². The van der Waals surface area contributed by atoms with Crippen molar-refractivity contribution in [3.63, 3.8) is 0 Å². The number of alkyl halides is 3. The number of nitrogens with two attached hydrogens (primary N) is 1. The first-order valence-electron chi connectivity index (χ1n) is 7.96. The molecule has 2 bridgehead atoms. The topological polar surface area (TPSA) is 92.9 Å². The zero-order chi connectivity index (χ0) is 19.3. The lowest BCUT2D eigenvalue weighted by Gasteiger charge is -2.41. The zero-order valence-corrected chi connectivity index (χ0v) is 13.7. The van der Waals surface area contributed by atoms with Crippen LogP contribution in [0.2, 0.25) is 0 Å². The average molecular weight is 372 g/mol. The van der Waals surface area contributed by atoms with Gasteiger partial charge in [0.2, 0.25) is 0 Å². The van der Waals surface area contributed by atoms with Crippen LogP contribution < -0.4 is 5.73 Å². The number of fused-ring (bicyclic) bond motifs is 2. The smallest absolute Gasteiger partial charge is 0.475 e. The average Bonchev–Trinajstić information content (AvgIpc) is 2.62. The molecule has 9 heteroatoms. The number of carbonyl (C=O) groups excluding carboxylic acids is 1. The molecule has 26 heavy (non-hydrogen) atoms. The standard InChI is InChI=1S/C15H18N2O2.C2HF3O2/c16-14(10-11-4-2-1-3-5-11)15(18)17-12-6-8-13(19-17)9-7-12;3-2(4,5)1(6)7/h1-6,8,12-14H,7,9-10,16H2;(H,6,7). The largest absolute Gasteiger partial charge is 0.490 e. The molecule has 0 saturated carbocycles. The summed E-state index contributed by atoms with van der Waals surface area (Å²) in [5, 5.41) is 8.60. The van der Waals surface area contributed by atoms with Gasteiger partial charge in [0.15, 0.2) is 0 Å². The summed E-state index contributed by atoms with van der Waals surface area (Å²) in [6.07, 6.45) is 1.52. The molecule has 6 nitrogen and oxygen atoms in total. The molecule has 3 unspecified atom stereocenters. The zero-order valence-electron chi connectivity index (χ0n) is 13.7. The summed E-state index contributed by atoms with van der Waals surface area (Å²) in [5.74, 6) is -2.88. The Bertz CT molecular complexity index is 664. The minimum atomic E-state index is -5.08. The van der Waals surface area contributed by atoms with Crippen LogP contribution in [0.1, 0.15) is 18.4 Å². The maximum atomic E-state index is 12.3. The summed E-state index contributed by atoms with van der Waals surface area (Å²) in [6, 6.07) is 9.33. The molecule has 1 amide bonds. The fourth-order valence-corrected chi connectivity index (χ4v) is 2.62. The van der Waals surface area contributed by atoms with Crippen molar-refractivity contribution in [1.82, 2.24) is 5.06 Å². The van der Waals surface area contributed by atoms with Gasteiger partial charge in [-0.15, -0.1) is 0 Å². The second kappa shape index (κ2) is 8.33. The Labute approximate surface area is 148 Å². The Kier molecular flexibility index (Phi) is 6.38. The number of hydrogen-bond acceptors (Lipinski definition) is 4. The normalized spacial score (nSPS) is 22.4. The number of carboxylic acids is 1. The third kappa shape index (κ3) is 5.30. The fourth-order valence-electron chi connectivity index (χ4n) is 2.62. The molecule has 142 valence electrons. The van der Waals surface area contributed by atoms with E-state index in [4.69, 9.17) is 20.5 Å². The van der Waals surface area contributed by atoms with Gasteiger partial charge in [-0.1, -0.05) is 42.5 Å². The summed E-state index contributed by atoms with van der Waals surface area (Å²) in [7, 11) is 0. The molecule has 4 rings (SSSR count). The van der Waals surface area contributed by atoms with Crippen LogP contribution in [0.25, 0.3) is 0 Å². The van der Waals surface area contributed by atoms with E-state index in [0.717, 1.165) is 18.4 Å². The molecule has 3 atom stereocenters. The summed E-state index contributed by atoms with van der Waals surface area (Å²) >= 11 is 0. The second-order valence-electron chi connectivity index (χ2n) is 5.94. The van der Waals surface area contributed by atoms with E-state index < -0.39 is 18.2 Å². The Morgan fingerprint density at radius 1 is 1.23 bits per heavy atom. The van der Waals surface area contributed by atoms with Gasteiger partial charge in [-0.05, 0) is 24.8 Å². The number of benzene rings is 1. The van der Waals surface area contributed by atoms with Crippen molar-refractivity contribution in [2.24, 2.45) is 5.73 Å². The predicted molar refractivity (Wildman–Crippen MR) is 85.7 cm³/mol. The summed E-state index contributed by atoms with van der Waals surface area (Å²) in [6.45, 7) is 0. The van der Waals surface area contributed by atoms with Crippen molar-refractivity contribution in [2.45, 2.75) is 43.6 Å². The quantitative estimate of drug-likeness (QED) is 0.793. The van der Waals surface area contributed by atoms with Crippen molar-refractivity contribution in [1.29, 1.82) is 0 Å². The first kappa shape index (κ1) is 19.9. The van der Waals surface area contributed by atoms with Crippen LogP contribution in [-0.2, 0) is 20.8 Å². The molecule has 1 aliphatic carbocycles. The number of aliphatic carboxylic acids is 1. The minimum Gasteiger partial charge on any atom is -0.475 e. The molecule has 2 aliphatic heterocycles. The van der Waals surface area contributed by atoms with Crippen molar-refractivity contribution in [3.05, 3.63) is 48.0 Å². The monoisotopic (exact) mass is 372 g/mol. The van der Waals surface area contributed by atoms with Crippen molar-refractivity contribution < 1.29 is 32.7 Å². The van der Waals surface area contributed by atoms with Crippen LogP contribution in [0.4, 0.5) is 13.2 Å². The van der Waals surface area contributed by atoms with Crippen molar-refractivity contribution in [3.8, 4) is 0 Å². The molecule has 1 fully saturated rings. The highest BCUT2D eigenvalue weighted by molar-refractivity contribution is 5.81. The number of carboxylic acid groups (broad SMARTS) is 1. The Morgan fingerprint density at radius 2 is 1.85 bits per heavy atom. The lowest BCUT2D eigenvalue weighted by atomic mass is 9.97. The lowest BCUT2D eigenvalue weighted by Crippen LogP contribution is -2.54. The van der Waals surface area contributed by atoms with Gasteiger partial charge in [-0.25, -0.2) is 9.86 Å². The van der Waals surface area contributed by atoms with Gasteiger partial charge in [0, 0.05) is 0 Å². The number of hydrogen-bond donors (Lipinski definition) is 2. The van der Waals surface area contributed by atoms with E-state index in [1.807, 2.05) is 42.5 Å². The van der Waals surface area contributed by atoms with E-state index >= 15 is 0 Å². The number of nitrogens with zero attached hydrogens (tertiary/aromatic N) is 1. The highest BCUT2D eigenvalue weighted by Crippen LogP contribution is 2.28. The molecule has 1 aromatic carbocycles. The summed E-state index contributed by atoms with van der Waals surface area (Å²) in [4.78, 5) is 26.9. The van der Waals surface area contributed by atoms with Crippen LogP contribution in [-0.4, -0.2) is 46.4 Å². The Morgan fingerprint density at radius 3 is 2.27 bits per heavy atom. The van der Waals surface area contributed by atoms with Gasteiger partial charge in [-0.3, -0.25) is 9.63 Å². The molecule has 1 aromatic rings. The third-order valence-electron chi connectivity index (χ3n) is 3.92. The van der Waals surface area contributed by atoms with E-state index in [0.29, 0.717) is 6.42 Å². The van der Waals surface area contributed by atoms with Crippen LogP contribution in [0, 0.1) is 0 Å². The molecule has 3 N–H and O–H groups in total. The molecular weight excluding hydrogens is 353 g/mol. The number of amides is 1. The van der Waals surface area contributed by atoms with Crippen molar-refractivity contribution >= 4 is 11.9 Å². The predicted octanol–water partition coefficient (Wildman–Crippen LogP) is 2.05. The molecule has 0 aromatic heterocycles. The summed E-state index contributed by atoms with van der Waals surface area (Å²) in [5.41, 5.74) is 7.09. The number of hydroxylamine groups is 2. The van der Waals surface area contributed by atoms with E-state index in [2.05, 4.69) is 0 Å². The van der Waals surface area contributed by atoms with Gasteiger partial charge in [-0.2, -0.15) is 13.2 Å². The van der Waals surface area contributed by atoms with Crippen LogP contribution in [0.5, 0.6) is 0 Å². The van der Waals surface area contributed by atoms with Crippen LogP contribution >= 0.6 is 0 Å². The minimum absolute atomic E-state index is 0.0397. The molecule has 1 saturated heterocycles. The van der Waals surface area contributed by atoms with E-state index in [-0.39, 0.29) is 18.1 Å². The SMILES string of the molecule is NC(Cc1ccccc1)C(=O)N1OC2C=CC1CC2.O=C(O)C(F)(F)F. The maximum absolute atomic E-state index is 12.3. The van der Waals surface area contributed by atoms with Gasteiger partial charge < -0.3 is 10.8 Å². The van der Waals surface area contributed by atoms with Crippen LogP contribution in [0.15, 0.2) is 42.5 Å². The first-order valence-corrected chi connectivity index (χ1v) is 7.96. The maximum Gasteiger partial charge on any atom is 0.490 e. The number of rotatable bonds is 3. The first-order chi connectivity index (χ1) is 12.2. The van der Waals surface area contributed by atoms with Gasteiger partial charge in [0.05, 0.1) is 12.1 Å². The Hall–Kier alpha value is -2.39. The molecule has 0 spiro atoms. The summed E-state index contributed by atoms with van der Waals surface area (Å²) < 4.78 is 31.7. The number of halogens is 3. The molecule has 3 aliphatic rings. The Balaban J connectivity index is 0.000000298. The molecular formula is C17H19F3N2O4.